The normalized spacial score (nSPS) is 19.4. The first kappa shape index (κ1) is 12.7. The number of hydrogen-bond acceptors (Lipinski definition) is 3. The Labute approximate surface area is 118 Å². The lowest BCUT2D eigenvalue weighted by atomic mass is 10.1. The van der Waals surface area contributed by atoms with E-state index in [1.807, 2.05) is 17.4 Å². The zero-order valence-electron chi connectivity index (χ0n) is 11.3. The van der Waals surface area contributed by atoms with Crippen LogP contribution >= 0.6 is 11.3 Å². The molecule has 100 valence electrons. The summed E-state index contributed by atoms with van der Waals surface area (Å²) in [5, 5.41) is 13.6. The highest BCUT2D eigenvalue weighted by atomic mass is 32.1. The maximum atomic E-state index is 9.88. The van der Waals surface area contributed by atoms with Crippen LogP contribution < -0.4 is 5.32 Å². The quantitative estimate of drug-likeness (QED) is 0.882. The van der Waals surface area contributed by atoms with E-state index in [-0.39, 0.29) is 0 Å². The molecule has 0 fully saturated rings. The molecule has 1 aromatic carbocycles. The summed E-state index contributed by atoms with van der Waals surface area (Å²) in [4.78, 5) is 2.74. The molecular formula is C16H19NOS. The number of rotatable bonds is 3. The molecule has 2 unspecified atom stereocenters. The third-order valence-electron chi connectivity index (χ3n) is 3.89. The highest BCUT2D eigenvalue weighted by Gasteiger charge is 2.26. The molecule has 0 spiro atoms. The van der Waals surface area contributed by atoms with E-state index in [0.29, 0.717) is 17.8 Å². The Balaban J connectivity index is 1.78. The van der Waals surface area contributed by atoms with Crippen LogP contribution in [0.5, 0.6) is 5.75 Å². The van der Waals surface area contributed by atoms with Gasteiger partial charge in [-0.15, -0.1) is 11.3 Å². The fraction of sp³-hybridized carbons (Fsp3) is 0.375. The number of aromatic hydroxyl groups is 1. The summed E-state index contributed by atoms with van der Waals surface area (Å²) in [6.07, 6.45) is 2.04. The molecule has 2 nitrogen and oxygen atoms in total. The number of phenolic OH excluding ortho intramolecular Hbond substituents is 1. The highest BCUT2D eigenvalue weighted by molar-refractivity contribution is 7.12. The molecule has 3 rings (SSSR count). The average molecular weight is 273 g/mol. The second-order valence-corrected chi connectivity index (χ2v) is 6.59. The van der Waals surface area contributed by atoms with E-state index >= 15 is 0 Å². The molecule has 2 atom stereocenters. The minimum Gasteiger partial charge on any atom is -0.508 e. The van der Waals surface area contributed by atoms with E-state index in [1.54, 1.807) is 6.07 Å². The molecular weight excluding hydrogens is 254 g/mol. The molecule has 3 heteroatoms. The summed E-state index contributed by atoms with van der Waals surface area (Å²) in [6, 6.07) is 11.0. The van der Waals surface area contributed by atoms with Gasteiger partial charge in [0, 0.05) is 21.8 Å². The van der Waals surface area contributed by atoms with Crippen LogP contribution in [0.2, 0.25) is 0 Å². The van der Waals surface area contributed by atoms with Crippen LogP contribution in [0.25, 0.3) is 0 Å². The topological polar surface area (TPSA) is 32.3 Å². The smallest absolute Gasteiger partial charge is 0.119 e. The molecule has 2 aromatic rings. The summed E-state index contributed by atoms with van der Waals surface area (Å²) in [5.74, 6) is 0.446. The van der Waals surface area contributed by atoms with Crippen LogP contribution in [0.3, 0.4) is 0 Å². The molecule has 0 saturated heterocycles. The van der Waals surface area contributed by atoms with Crippen LogP contribution in [0.15, 0.2) is 30.3 Å². The molecule has 0 amide bonds. The first-order chi connectivity index (χ1) is 9.15. The Bertz CT molecular complexity index is 590. The summed E-state index contributed by atoms with van der Waals surface area (Å²) < 4.78 is 0. The zero-order chi connectivity index (χ0) is 13.4. The van der Waals surface area contributed by atoms with Crippen molar-refractivity contribution in [3.8, 4) is 5.75 Å². The molecule has 2 N–H and O–H groups in total. The van der Waals surface area contributed by atoms with Crippen molar-refractivity contribution in [3.05, 3.63) is 51.2 Å². The van der Waals surface area contributed by atoms with Crippen molar-refractivity contribution in [1.82, 2.24) is 5.32 Å². The van der Waals surface area contributed by atoms with Gasteiger partial charge in [0.1, 0.15) is 5.75 Å². The lowest BCUT2D eigenvalue weighted by molar-refractivity contribution is 0.469. The third-order valence-corrected chi connectivity index (χ3v) is 5.07. The minimum atomic E-state index is 0.358. The van der Waals surface area contributed by atoms with Crippen LogP contribution in [0.4, 0.5) is 0 Å². The van der Waals surface area contributed by atoms with Gasteiger partial charge in [-0.1, -0.05) is 12.1 Å². The van der Waals surface area contributed by atoms with Crippen LogP contribution in [0, 0.1) is 6.92 Å². The second kappa shape index (κ2) is 4.99. The predicted octanol–water partition coefficient (Wildman–Crippen LogP) is 4.10. The maximum absolute atomic E-state index is 9.88. The first-order valence-corrected chi connectivity index (χ1v) is 7.60. The molecule has 0 saturated carbocycles. The Morgan fingerprint density at radius 1 is 1.32 bits per heavy atom. The number of aryl methyl sites for hydroxylation is 1. The van der Waals surface area contributed by atoms with Crippen molar-refractivity contribution in [2.24, 2.45) is 0 Å². The first-order valence-electron chi connectivity index (χ1n) is 6.78. The summed E-state index contributed by atoms with van der Waals surface area (Å²) >= 11 is 1.85. The molecule has 1 aliphatic rings. The third kappa shape index (κ3) is 2.40. The number of phenols is 1. The van der Waals surface area contributed by atoms with Crippen molar-refractivity contribution in [3.63, 3.8) is 0 Å². The van der Waals surface area contributed by atoms with Crippen molar-refractivity contribution in [2.45, 2.75) is 38.8 Å². The van der Waals surface area contributed by atoms with Crippen molar-refractivity contribution in [1.29, 1.82) is 0 Å². The summed E-state index contributed by atoms with van der Waals surface area (Å²) in [6.45, 7) is 4.36. The van der Waals surface area contributed by atoms with Gasteiger partial charge in [0.15, 0.2) is 0 Å². The lowest BCUT2D eigenvalue weighted by Crippen LogP contribution is -2.22. The van der Waals surface area contributed by atoms with E-state index < -0.39 is 0 Å². The SMILES string of the molecule is Cc1ccc(C(C)NC2CCc3c(O)cccc32)s1. The van der Waals surface area contributed by atoms with Gasteiger partial charge in [-0.05, 0) is 56.0 Å². The van der Waals surface area contributed by atoms with Gasteiger partial charge in [0.2, 0.25) is 0 Å². The Hall–Kier alpha value is -1.32. The fourth-order valence-electron chi connectivity index (χ4n) is 2.88. The van der Waals surface area contributed by atoms with Gasteiger partial charge >= 0.3 is 0 Å². The number of fused-ring (bicyclic) bond motifs is 1. The Kier molecular flexibility index (Phi) is 3.33. The fourth-order valence-corrected chi connectivity index (χ4v) is 3.77. The van der Waals surface area contributed by atoms with Gasteiger partial charge in [-0.3, -0.25) is 0 Å². The van der Waals surface area contributed by atoms with E-state index in [1.165, 1.54) is 15.3 Å². The molecule has 0 aliphatic heterocycles. The highest BCUT2D eigenvalue weighted by Crippen LogP contribution is 2.37. The summed E-state index contributed by atoms with van der Waals surface area (Å²) in [5.41, 5.74) is 2.38. The monoisotopic (exact) mass is 273 g/mol. The summed E-state index contributed by atoms with van der Waals surface area (Å²) in [7, 11) is 0. The standard InChI is InChI=1S/C16H19NOS/c1-10-6-9-16(19-10)11(2)17-14-8-7-13-12(14)4-3-5-15(13)18/h3-6,9,11,14,17-18H,7-8H2,1-2H3. The second-order valence-electron chi connectivity index (χ2n) is 5.27. The van der Waals surface area contributed by atoms with Gasteiger partial charge in [-0.2, -0.15) is 0 Å². The van der Waals surface area contributed by atoms with Crippen LogP contribution in [-0.2, 0) is 6.42 Å². The van der Waals surface area contributed by atoms with Gasteiger partial charge in [0.05, 0.1) is 0 Å². The number of thiophene rings is 1. The van der Waals surface area contributed by atoms with E-state index in [4.69, 9.17) is 0 Å². The van der Waals surface area contributed by atoms with Crippen molar-refractivity contribution < 1.29 is 5.11 Å². The molecule has 1 aliphatic carbocycles. The van der Waals surface area contributed by atoms with Crippen LogP contribution in [0.1, 0.15) is 46.3 Å². The number of nitrogens with one attached hydrogen (secondary N) is 1. The Morgan fingerprint density at radius 2 is 2.16 bits per heavy atom. The number of benzene rings is 1. The molecule has 19 heavy (non-hydrogen) atoms. The van der Waals surface area contributed by atoms with E-state index in [0.717, 1.165) is 18.4 Å². The number of hydrogen-bond donors (Lipinski definition) is 2. The van der Waals surface area contributed by atoms with Crippen molar-refractivity contribution in [2.75, 3.05) is 0 Å². The van der Waals surface area contributed by atoms with E-state index in [9.17, 15) is 5.11 Å². The maximum Gasteiger partial charge on any atom is 0.119 e. The molecule has 1 heterocycles. The van der Waals surface area contributed by atoms with Gasteiger partial charge in [0.25, 0.3) is 0 Å². The molecule has 0 bridgehead atoms. The molecule has 0 radical (unpaired) electrons. The van der Waals surface area contributed by atoms with Gasteiger partial charge < -0.3 is 10.4 Å². The van der Waals surface area contributed by atoms with Crippen LogP contribution in [-0.4, -0.2) is 5.11 Å². The Morgan fingerprint density at radius 3 is 2.89 bits per heavy atom. The average Bonchev–Trinajstić information content (AvgIpc) is 2.98. The van der Waals surface area contributed by atoms with Crippen molar-refractivity contribution >= 4 is 11.3 Å². The minimum absolute atomic E-state index is 0.358. The van der Waals surface area contributed by atoms with Gasteiger partial charge in [-0.25, -0.2) is 0 Å². The predicted molar refractivity (Wildman–Crippen MR) is 79.8 cm³/mol. The lowest BCUT2D eigenvalue weighted by Gasteiger charge is -2.19. The van der Waals surface area contributed by atoms with E-state index in [2.05, 4.69) is 37.4 Å². The zero-order valence-corrected chi connectivity index (χ0v) is 12.1. The molecule has 1 aromatic heterocycles. The largest absolute Gasteiger partial charge is 0.508 e.